The Labute approximate surface area is 105 Å². The van der Waals surface area contributed by atoms with Crippen molar-refractivity contribution in [3.63, 3.8) is 0 Å². The van der Waals surface area contributed by atoms with E-state index in [1.165, 1.54) is 18.2 Å². The summed E-state index contributed by atoms with van der Waals surface area (Å²) >= 11 is 0. The van der Waals surface area contributed by atoms with Gasteiger partial charge < -0.3 is 0 Å². The maximum atomic E-state index is 13.0. The molecule has 4 nitrogen and oxygen atoms in total. The maximum Gasteiger partial charge on any atom is 0.240 e. The molecule has 1 aliphatic carbocycles. The van der Waals surface area contributed by atoms with Crippen molar-refractivity contribution in [3.05, 3.63) is 30.1 Å². The summed E-state index contributed by atoms with van der Waals surface area (Å²) < 4.78 is 39.5. The molecule has 2 unspecified atom stereocenters. The highest BCUT2D eigenvalue weighted by Crippen LogP contribution is 2.26. The number of benzene rings is 1. The van der Waals surface area contributed by atoms with Crippen LogP contribution in [0.3, 0.4) is 0 Å². The van der Waals surface area contributed by atoms with Crippen molar-refractivity contribution in [2.24, 2.45) is 5.92 Å². The van der Waals surface area contributed by atoms with E-state index in [9.17, 15) is 12.8 Å². The van der Waals surface area contributed by atoms with Gasteiger partial charge in [-0.15, -0.1) is 0 Å². The van der Waals surface area contributed by atoms with Gasteiger partial charge in [-0.1, -0.05) is 12.5 Å². The third-order valence-corrected chi connectivity index (χ3v) is 4.58. The van der Waals surface area contributed by atoms with Gasteiger partial charge in [0.25, 0.3) is 0 Å². The van der Waals surface area contributed by atoms with Crippen LogP contribution in [0.1, 0.15) is 19.3 Å². The number of hydrogen-bond acceptors (Lipinski definition) is 3. The van der Waals surface area contributed by atoms with Gasteiger partial charge >= 0.3 is 0 Å². The second-order valence-corrected chi connectivity index (χ2v) is 6.07. The van der Waals surface area contributed by atoms with Crippen molar-refractivity contribution >= 4 is 10.0 Å². The molecule has 0 aromatic heterocycles. The minimum Gasteiger partial charge on any atom is -0.207 e. The average molecular weight is 268 g/mol. The first-order valence-electron chi connectivity index (χ1n) is 5.70. The summed E-state index contributed by atoms with van der Waals surface area (Å²) in [5.74, 6) is -0.894. The molecule has 6 heteroatoms. The van der Waals surface area contributed by atoms with Crippen LogP contribution in [-0.2, 0) is 10.0 Å². The van der Waals surface area contributed by atoms with Gasteiger partial charge in [-0.25, -0.2) is 17.5 Å². The standard InChI is InChI=1S/C12H13FN2O2S/c13-10-4-2-5-11(7-10)18(16,17)15-12-6-1-3-9(12)8-14/h2,4-5,7,9,12,15H,1,3,6H2. The molecule has 0 spiro atoms. The second-order valence-electron chi connectivity index (χ2n) is 4.35. The van der Waals surface area contributed by atoms with Crippen LogP contribution < -0.4 is 4.72 Å². The van der Waals surface area contributed by atoms with Gasteiger partial charge in [-0.3, -0.25) is 0 Å². The third kappa shape index (κ3) is 2.68. The Hall–Kier alpha value is -1.45. The fraction of sp³-hybridized carbons (Fsp3) is 0.417. The molecule has 1 aliphatic rings. The second kappa shape index (κ2) is 5.04. The number of hydrogen-bond donors (Lipinski definition) is 1. The predicted octanol–water partition coefficient (Wildman–Crippen LogP) is 1.80. The highest BCUT2D eigenvalue weighted by Gasteiger charge is 2.31. The van der Waals surface area contributed by atoms with E-state index in [4.69, 9.17) is 5.26 Å². The zero-order valence-corrected chi connectivity index (χ0v) is 10.5. The molecule has 1 aromatic carbocycles. The Bertz CT molecular complexity index is 580. The minimum atomic E-state index is -3.75. The molecular weight excluding hydrogens is 255 g/mol. The smallest absolute Gasteiger partial charge is 0.207 e. The van der Waals surface area contributed by atoms with E-state index >= 15 is 0 Å². The largest absolute Gasteiger partial charge is 0.240 e. The highest BCUT2D eigenvalue weighted by atomic mass is 32.2. The normalized spacial score (nSPS) is 23.8. The minimum absolute atomic E-state index is 0.105. The van der Waals surface area contributed by atoms with Gasteiger partial charge in [0.1, 0.15) is 5.82 Å². The van der Waals surface area contributed by atoms with Gasteiger partial charge in [0.05, 0.1) is 16.9 Å². The maximum absolute atomic E-state index is 13.0. The summed E-state index contributed by atoms with van der Waals surface area (Å²) in [4.78, 5) is -0.105. The van der Waals surface area contributed by atoms with Crippen LogP contribution in [0.2, 0.25) is 0 Å². The van der Waals surface area contributed by atoms with Crippen molar-refractivity contribution < 1.29 is 12.8 Å². The number of nitriles is 1. The van der Waals surface area contributed by atoms with E-state index in [2.05, 4.69) is 10.8 Å². The van der Waals surface area contributed by atoms with Crippen molar-refractivity contribution in [2.75, 3.05) is 0 Å². The molecular formula is C12H13FN2O2S. The number of nitrogens with one attached hydrogen (secondary N) is 1. The van der Waals surface area contributed by atoms with Gasteiger partial charge in [-0.2, -0.15) is 5.26 Å². The Kier molecular flexibility index (Phi) is 3.64. The summed E-state index contributed by atoms with van der Waals surface area (Å²) in [6, 6.07) is 6.57. The fourth-order valence-electron chi connectivity index (χ4n) is 2.16. The lowest BCUT2D eigenvalue weighted by atomic mass is 10.1. The van der Waals surface area contributed by atoms with Gasteiger partial charge in [-0.05, 0) is 31.0 Å². The van der Waals surface area contributed by atoms with Crippen LogP contribution >= 0.6 is 0 Å². The van der Waals surface area contributed by atoms with E-state index in [1.807, 2.05) is 0 Å². The van der Waals surface area contributed by atoms with Crippen LogP contribution in [0.4, 0.5) is 4.39 Å². The first-order chi connectivity index (χ1) is 8.53. The van der Waals surface area contributed by atoms with Crippen LogP contribution in [0.15, 0.2) is 29.2 Å². The van der Waals surface area contributed by atoms with E-state index in [1.54, 1.807) is 0 Å². The van der Waals surface area contributed by atoms with Crippen molar-refractivity contribution in [2.45, 2.75) is 30.2 Å². The molecule has 0 heterocycles. The number of sulfonamides is 1. The number of halogens is 1. The number of rotatable bonds is 3. The summed E-state index contributed by atoms with van der Waals surface area (Å²) in [5, 5.41) is 8.90. The van der Waals surface area contributed by atoms with Gasteiger partial charge in [0.15, 0.2) is 0 Å². The zero-order valence-electron chi connectivity index (χ0n) is 9.64. The Morgan fingerprint density at radius 1 is 1.39 bits per heavy atom. The van der Waals surface area contributed by atoms with Crippen LogP contribution in [-0.4, -0.2) is 14.5 Å². The van der Waals surface area contributed by atoms with Gasteiger partial charge in [0, 0.05) is 6.04 Å². The average Bonchev–Trinajstić information content (AvgIpc) is 2.75. The van der Waals surface area contributed by atoms with E-state index in [0.29, 0.717) is 12.8 Å². The van der Waals surface area contributed by atoms with E-state index < -0.39 is 15.8 Å². The predicted molar refractivity (Wildman–Crippen MR) is 63.5 cm³/mol. The van der Waals surface area contributed by atoms with E-state index in [0.717, 1.165) is 12.5 Å². The van der Waals surface area contributed by atoms with Crippen molar-refractivity contribution in [1.82, 2.24) is 4.72 Å². The van der Waals surface area contributed by atoms with Crippen LogP contribution in [0.5, 0.6) is 0 Å². The Morgan fingerprint density at radius 2 is 2.17 bits per heavy atom. The summed E-state index contributed by atoms with van der Waals surface area (Å²) in [6.45, 7) is 0. The molecule has 0 bridgehead atoms. The van der Waals surface area contributed by atoms with Crippen LogP contribution in [0.25, 0.3) is 0 Å². The molecule has 0 radical (unpaired) electrons. The molecule has 2 atom stereocenters. The van der Waals surface area contributed by atoms with Crippen LogP contribution in [0, 0.1) is 23.1 Å². The fourth-order valence-corrected chi connectivity index (χ4v) is 3.50. The Morgan fingerprint density at radius 3 is 2.83 bits per heavy atom. The van der Waals surface area contributed by atoms with Crippen molar-refractivity contribution in [1.29, 1.82) is 5.26 Å². The summed E-state index contributed by atoms with van der Waals surface area (Å²) in [6.07, 6.45) is 2.17. The molecule has 1 saturated carbocycles. The molecule has 0 amide bonds. The molecule has 96 valence electrons. The zero-order chi connectivity index (χ0) is 13.2. The topological polar surface area (TPSA) is 70.0 Å². The quantitative estimate of drug-likeness (QED) is 0.908. The molecule has 1 fully saturated rings. The van der Waals surface area contributed by atoms with Crippen molar-refractivity contribution in [3.8, 4) is 6.07 Å². The lowest BCUT2D eigenvalue weighted by Crippen LogP contribution is -2.36. The van der Waals surface area contributed by atoms with E-state index in [-0.39, 0.29) is 16.9 Å². The summed E-state index contributed by atoms with van der Waals surface area (Å²) in [7, 11) is -3.75. The molecule has 1 aromatic rings. The van der Waals surface area contributed by atoms with Gasteiger partial charge in [0.2, 0.25) is 10.0 Å². The third-order valence-electron chi connectivity index (χ3n) is 3.09. The Balaban J connectivity index is 2.20. The number of nitrogens with zero attached hydrogens (tertiary/aromatic N) is 1. The lowest BCUT2D eigenvalue weighted by Gasteiger charge is -2.15. The molecule has 2 rings (SSSR count). The lowest BCUT2D eigenvalue weighted by molar-refractivity contribution is 0.514. The molecule has 0 aliphatic heterocycles. The summed E-state index contributed by atoms with van der Waals surface area (Å²) in [5.41, 5.74) is 0. The monoisotopic (exact) mass is 268 g/mol. The first-order valence-corrected chi connectivity index (χ1v) is 7.19. The molecule has 0 saturated heterocycles. The SMILES string of the molecule is N#CC1CCCC1NS(=O)(=O)c1cccc(F)c1. The first kappa shape index (κ1) is 13.0. The highest BCUT2D eigenvalue weighted by molar-refractivity contribution is 7.89. The molecule has 1 N–H and O–H groups in total. The molecule has 18 heavy (non-hydrogen) atoms.